The maximum atomic E-state index is 13.4. The third-order valence-electron chi connectivity index (χ3n) is 14.0. The van der Waals surface area contributed by atoms with Gasteiger partial charge in [0.25, 0.3) is 0 Å². The number of rotatable bonds is 1. The topological polar surface area (TPSA) is 89.9 Å². The number of nitrogens with one attached hydrogen (secondary N) is 1. The summed E-state index contributed by atoms with van der Waals surface area (Å²) < 4.78 is 0. The first-order valence-corrected chi connectivity index (χ1v) is 16.4. The van der Waals surface area contributed by atoms with E-state index < -0.39 is 11.4 Å². The van der Waals surface area contributed by atoms with Crippen molar-refractivity contribution in [1.29, 1.82) is 0 Å². The summed E-state index contributed by atoms with van der Waals surface area (Å²) in [5.41, 5.74) is 3.76. The van der Waals surface area contributed by atoms with E-state index >= 15 is 0 Å². The molecule has 2 heterocycles. The highest BCUT2D eigenvalue weighted by Crippen LogP contribution is 2.75. The van der Waals surface area contributed by atoms with Gasteiger partial charge in [-0.1, -0.05) is 45.4 Å². The summed E-state index contributed by atoms with van der Waals surface area (Å²) in [5, 5.41) is 13.7. The first-order valence-electron chi connectivity index (χ1n) is 16.4. The van der Waals surface area contributed by atoms with Gasteiger partial charge in [-0.05, 0) is 105 Å². The van der Waals surface area contributed by atoms with Crippen LogP contribution in [-0.2, 0) is 14.4 Å². The largest absolute Gasteiger partial charge is 0.504 e. The molecule has 7 rings (SSSR count). The Morgan fingerprint density at radius 3 is 2.28 bits per heavy atom. The van der Waals surface area contributed by atoms with Crippen molar-refractivity contribution in [1.82, 2.24) is 15.1 Å². The van der Waals surface area contributed by atoms with Gasteiger partial charge < -0.3 is 20.2 Å². The maximum absolute atomic E-state index is 13.4. The van der Waals surface area contributed by atoms with Gasteiger partial charge in [0, 0.05) is 48.1 Å². The second-order valence-electron chi connectivity index (χ2n) is 16.9. The molecule has 1 spiro atoms. The molecule has 2 amide bonds. The van der Waals surface area contributed by atoms with Gasteiger partial charge in [0.05, 0.1) is 0 Å². The molecular formula is C36H49N3O4. The molecule has 0 aromatic carbocycles. The smallest absolute Gasteiger partial charge is 0.311 e. The lowest BCUT2D eigenvalue weighted by Gasteiger charge is -2.70. The molecule has 7 aliphatic rings. The van der Waals surface area contributed by atoms with Crippen molar-refractivity contribution in [3.63, 3.8) is 0 Å². The Kier molecular flexibility index (Phi) is 5.90. The van der Waals surface area contributed by atoms with Gasteiger partial charge in [-0.2, -0.15) is 0 Å². The van der Waals surface area contributed by atoms with E-state index in [1.54, 1.807) is 11.0 Å². The molecule has 2 saturated heterocycles. The monoisotopic (exact) mass is 587 g/mol. The van der Waals surface area contributed by atoms with Crippen LogP contribution in [0, 0.1) is 33.0 Å². The van der Waals surface area contributed by atoms with Crippen LogP contribution in [0.1, 0.15) is 86.5 Å². The van der Waals surface area contributed by atoms with Gasteiger partial charge in [-0.15, -0.1) is 0 Å². The third-order valence-corrected chi connectivity index (χ3v) is 14.0. The normalized spacial score (nSPS) is 43.1. The minimum Gasteiger partial charge on any atom is -0.504 e. The second kappa shape index (κ2) is 8.74. The Balaban J connectivity index is 1.15. The van der Waals surface area contributed by atoms with E-state index in [2.05, 4.69) is 64.0 Å². The standard InChI is InChI=1S/C36H49N3O4/c1-22-23-8-9-26-33(4,24(23)16-25(40)28(22)41)13-15-35(6)27-17-32(3,12-10-31(27,2)11-14-34(26,35)5)37-29(42)30(43)39-20-36(21-39)18-38(7)19-36/h8-9,16,27,41H,10-15,17-21H2,1-7H3,(H,37,42)/t27?,31-,32?,33+,34-,35+/m1/s1. The molecule has 6 atom stereocenters. The summed E-state index contributed by atoms with van der Waals surface area (Å²) in [6.45, 7) is 17.1. The predicted molar refractivity (Wildman–Crippen MR) is 166 cm³/mol. The number of nitrogens with zero attached hydrogens (tertiary/aromatic N) is 2. The third kappa shape index (κ3) is 3.79. The van der Waals surface area contributed by atoms with Crippen LogP contribution in [0.25, 0.3) is 0 Å². The molecule has 43 heavy (non-hydrogen) atoms. The van der Waals surface area contributed by atoms with Crippen molar-refractivity contribution in [3.8, 4) is 0 Å². The molecule has 0 bridgehead atoms. The van der Waals surface area contributed by atoms with Gasteiger partial charge in [0.1, 0.15) is 0 Å². The van der Waals surface area contributed by atoms with E-state index in [0.29, 0.717) is 24.6 Å². The second-order valence-corrected chi connectivity index (χ2v) is 16.9. The first-order chi connectivity index (χ1) is 20.0. The lowest BCUT2D eigenvalue weighted by Crippen LogP contribution is -2.73. The van der Waals surface area contributed by atoms with Gasteiger partial charge >= 0.3 is 11.8 Å². The molecule has 2 N–H and O–H groups in total. The molecule has 7 heteroatoms. The summed E-state index contributed by atoms with van der Waals surface area (Å²) in [7, 11) is 2.10. The Morgan fingerprint density at radius 1 is 0.930 bits per heavy atom. The fourth-order valence-corrected chi connectivity index (χ4v) is 11.2. The first kappa shape index (κ1) is 29.1. The van der Waals surface area contributed by atoms with E-state index in [1.165, 1.54) is 5.57 Å². The Labute approximate surface area is 256 Å². The van der Waals surface area contributed by atoms with Crippen LogP contribution in [-0.4, -0.2) is 71.3 Å². The van der Waals surface area contributed by atoms with E-state index in [9.17, 15) is 19.5 Å². The number of aliphatic hydroxyl groups excluding tert-OH is 1. The highest BCUT2D eigenvalue weighted by molar-refractivity contribution is 6.35. The number of carbonyl (C=O) groups excluding carboxylic acids is 3. The molecular weight excluding hydrogens is 538 g/mol. The van der Waals surface area contributed by atoms with Crippen LogP contribution in [0.15, 0.2) is 46.3 Å². The van der Waals surface area contributed by atoms with Crippen LogP contribution in [0.3, 0.4) is 0 Å². The molecule has 0 aromatic rings. The summed E-state index contributed by atoms with van der Waals surface area (Å²) in [5.74, 6) is -0.856. The zero-order chi connectivity index (χ0) is 31.0. The van der Waals surface area contributed by atoms with Crippen molar-refractivity contribution in [2.45, 2.75) is 92.0 Å². The highest BCUT2D eigenvalue weighted by atomic mass is 16.3. The SMILES string of the molecule is CC1=C(O)C(=O)C=C2C1=CC=C1[C@@]2(C)CC[C@@]2(C)C3CC(C)(NC(=O)C(=O)N4CC5(CN(C)C5)C4)CC[C@]3(C)CC[C@]12C. The van der Waals surface area contributed by atoms with Gasteiger partial charge in [0.2, 0.25) is 5.78 Å². The van der Waals surface area contributed by atoms with Crippen molar-refractivity contribution in [2.75, 3.05) is 33.2 Å². The molecule has 0 aromatic heterocycles. The average molecular weight is 588 g/mol. The van der Waals surface area contributed by atoms with E-state index in [4.69, 9.17) is 0 Å². The summed E-state index contributed by atoms with van der Waals surface area (Å²) >= 11 is 0. The molecule has 3 saturated carbocycles. The van der Waals surface area contributed by atoms with Crippen LogP contribution < -0.4 is 5.32 Å². The number of ketones is 1. The number of hydrogen-bond acceptors (Lipinski definition) is 5. The quantitative estimate of drug-likeness (QED) is 0.409. The number of allylic oxidation sites excluding steroid dienone is 7. The number of aliphatic hydroxyl groups is 1. The summed E-state index contributed by atoms with van der Waals surface area (Å²) in [6.07, 6.45) is 13.1. The average Bonchev–Trinajstić information content (AvgIpc) is 2.91. The van der Waals surface area contributed by atoms with Crippen LogP contribution >= 0.6 is 0 Å². The number of fused-ring (bicyclic) bond motifs is 7. The summed E-state index contributed by atoms with van der Waals surface area (Å²) in [4.78, 5) is 43.3. The van der Waals surface area contributed by atoms with Crippen molar-refractivity contribution >= 4 is 17.6 Å². The van der Waals surface area contributed by atoms with Crippen molar-refractivity contribution in [3.05, 3.63) is 46.3 Å². The lowest BCUT2D eigenvalue weighted by atomic mass is 9.35. The zero-order valence-corrected chi connectivity index (χ0v) is 27.2. The van der Waals surface area contributed by atoms with Crippen molar-refractivity contribution < 1.29 is 19.5 Å². The molecule has 2 unspecified atom stereocenters. The molecule has 232 valence electrons. The van der Waals surface area contributed by atoms with Crippen LogP contribution in [0.4, 0.5) is 0 Å². The number of likely N-dealkylation sites (tertiary alicyclic amines) is 2. The van der Waals surface area contributed by atoms with Gasteiger partial charge in [-0.3, -0.25) is 14.4 Å². The van der Waals surface area contributed by atoms with Crippen LogP contribution in [0.5, 0.6) is 0 Å². The lowest BCUT2D eigenvalue weighted by molar-refractivity contribution is -0.167. The molecule has 5 aliphatic carbocycles. The molecule has 0 radical (unpaired) electrons. The van der Waals surface area contributed by atoms with E-state index in [-0.39, 0.29) is 44.5 Å². The Hall–Kier alpha value is -2.67. The minimum absolute atomic E-state index is 0.000530. The molecule has 7 nitrogen and oxygen atoms in total. The zero-order valence-electron chi connectivity index (χ0n) is 27.2. The van der Waals surface area contributed by atoms with Gasteiger partial charge in [0.15, 0.2) is 5.76 Å². The molecule has 2 aliphatic heterocycles. The minimum atomic E-state index is -0.443. The highest BCUT2D eigenvalue weighted by Gasteiger charge is 2.67. The number of carbonyl (C=O) groups is 3. The number of hydrogen-bond donors (Lipinski definition) is 2. The molecule has 5 fully saturated rings. The van der Waals surface area contributed by atoms with Crippen LogP contribution in [0.2, 0.25) is 0 Å². The van der Waals surface area contributed by atoms with E-state index in [1.807, 2.05) is 6.92 Å². The fourth-order valence-electron chi connectivity index (χ4n) is 11.2. The fraction of sp³-hybridized carbons (Fsp3) is 0.694. The van der Waals surface area contributed by atoms with E-state index in [0.717, 1.165) is 69.2 Å². The Morgan fingerprint density at radius 2 is 1.60 bits per heavy atom. The predicted octanol–water partition coefficient (Wildman–Crippen LogP) is 5.26. The summed E-state index contributed by atoms with van der Waals surface area (Å²) in [6, 6.07) is 0. The number of amides is 2. The maximum Gasteiger partial charge on any atom is 0.311 e. The van der Waals surface area contributed by atoms with Gasteiger partial charge in [-0.25, -0.2) is 0 Å². The Bertz CT molecular complexity index is 1470. The van der Waals surface area contributed by atoms with Crippen molar-refractivity contribution in [2.24, 2.45) is 33.0 Å².